The number of aliphatic hydroxyl groups is 1. The highest BCUT2D eigenvalue weighted by Gasteiger charge is 2.30. The van der Waals surface area contributed by atoms with Crippen LogP contribution >= 0.6 is 15.6 Å². The second-order valence-electron chi connectivity index (χ2n) is 25.2. The van der Waals surface area contributed by atoms with Crippen molar-refractivity contribution in [2.75, 3.05) is 39.6 Å². The highest BCUT2D eigenvalue weighted by molar-refractivity contribution is 7.47. The summed E-state index contributed by atoms with van der Waals surface area (Å²) in [5.41, 5.74) is 0. The van der Waals surface area contributed by atoms with E-state index < -0.39 is 97.5 Å². The van der Waals surface area contributed by atoms with Gasteiger partial charge in [-0.2, -0.15) is 0 Å². The van der Waals surface area contributed by atoms with Crippen molar-refractivity contribution in [1.29, 1.82) is 0 Å². The molecule has 0 fully saturated rings. The smallest absolute Gasteiger partial charge is 0.462 e. The first kappa shape index (κ1) is 96.7. The standard InChI is InChI=1S/C83H136O17P2/c1-5-9-13-17-21-25-29-33-36-37-38-39-42-45-48-52-56-60-64-68-81(86)94-74-79(100-83(88)70-66-62-58-54-50-46-41-35-31-27-23-19-15-11-7-3)76-98-102(91,92)96-72-77(84)71-95-101(89,90)97-75-78(99-82(87)69-65-61-57-53-49-43-32-28-24-20-16-12-8-4)73-93-80(85)67-63-59-55-51-47-44-40-34-30-26-22-18-14-10-6-2/h9-10,13-14,21-23,25-28,32-36,38-41,45,47-48,51,59,63,77-79,84H,5-8,11-12,15-20,24,29-31,37,42-44,46,49-50,52-58,60-62,64-76H2,1-4H3,(H,89,90)(H,91,92)/b13-9-,14-10-,25-21-,26-22-,27-23-,32-28-,36-33-,39-38-,40-34-,41-35-,48-45-,51-47-,63-59-. The molecule has 0 aliphatic rings. The van der Waals surface area contributed by atoms with E-state index in [-0.39, 0.29) is 25.7 Å². The van der Waals surface area contributed by atoms with Gasteiger partial charge in [-0.1, -0.05) is 263 Å². The van der Waals surface area contributed by atoms with Crippen molar-refractivity contribution in [2.24, 2.45) is 0 Å². The van der Waals surface area contributed by atoms with Gasteiger partial charge in [0.25, 0.3) is 0 Å². The molecule has 19 heteroatoms. The Morgan fingerprint density at radius 3 is 0.912 bits per heavy atom. The Morgan fingerprint density at radius 1 is 0.294 bits per heavy atom. The molecule has 0 aromatic heterocycles. The summed E-state index contributed by atoms with van der Waals surface area (Å²) in [6.45, 7) is 4.41. The molecule has 0 amide bonds. The lowest BCUT2D eigenvalue weighted by Gasteiger charge is -2.21. The maximum atomic E-state index is 13.1. The third kappa shape index (κ3) is 73.0. The van der Waals surface area contributed by atoms with Crippen LogP contribution in [0, 0.1) is 0 Å². The summed E-state index contributed by atoms with van der Waals surface area (Å²) in [4.78, 5) is 72.8. The minimum atomic E-state index is -5.00. The van der Waals surface area contributed by atoms with Crippen molar-refractivity contribution in [3.8, 4) is 0 Å². The van der Waals surface area contributed by atoms with Crippen LogP contribution < -0.4 is 0 Å². The first-order chi connectivity index (χ1) is 49.7. The average Bonchev–Trinajstić information content (AvgIpc) is 0.924. The van der Waals surface area contributed by atoms with Crippen LogP contribution in [0.4, 0.5) is 0 Å². The molecule has 0 radical (unpaired) electrons. The van der Waals surface area contributed by atoms with Gasteiger partial charge in [0.2, 0.25) is 0 Å². The highest BCUT2D eigenvalue weighted by atomic mass is 31.2. The van der Waals surface area contributed by atoms with Crippen LogP contribution in [0.15, 0.2) is 158 Å². The maximum absolute atomic E-state index is 13.1. The molecule has 102 heavy (non-hydrogen) atoms. The largest absolute Gasteiger partial charge is 0.472 e. The predicted molar refractivity (Wildman–Crippen MR) is 417 cm³/mol. The van der Waals surface area contributed by atoms with Crippen LogP contribution in [0.5, 0.6) is 0 Å². The van der Waals surface area contributed by atoms with Gasteiger partial charge in [-0.05, 0) is 154 Å². The Labute approximate surface area is 617 Å². The summed E-state index contributed by atoms with van der Waals surface area (Å²) >= 11 is 0. The van der Waals surface area contributed by atoms with Crippen molar-refractivity contribution >= 4 is 39.5 Å². The number of hydrogen-bond acceptors (Lipinski definition) is 15. The Kier molecular flexibility index (Phi) is 70.1. The molecule has 0 aliphatic carbocycles. The van der Waals surface area contributed by atoms with E-state index in [0.29, 0.717) is 25.7 Å². The van der Waals surface area contributed by atoms with E-state index in [9.17, 15) is 43.2 Å². The fraction of sp³-hybridized carbons (Fsp3) is 0.639. The zero-order chi connectivity index (χ0) is 74.6. The van der Waals surface area contributed by atoms with Crippen molar-refractivity contribution in [3.63, 3.8) is 0 Å². The zero-order valence-corrected chi connectivity index (χ0v) is 65.0. The molecule has 0 spiro atoms. The molecule has 0 rings (SSSR count). The molecule has 580 valence electrons. The quantitative estimate of drug-likeness (QED) is 0.0169. The van der Waals surface area contributed by atoms with Crippen LogP contribution in [0.3, 0.4) is 0 Å². The van der Waals surface area contributed by atoms with E-state index >= 15 is 0 Å². The lowest BCUT2D eigenvalue weighted by atomic mass is 10.1. The van der Waals surface area contributed by atoms with Crippen LogP contribution in [-0.2, 0) is 65.4 Å². The van der Waals surface area contributed by atoms with Gasteiger partial charge in [-0.25, -0.2) is 9.13 Å². The maximum Gasteiger partial charge on any atom is 0.472 e. The summed E-state index contributed by atoms with van der Waals surface area (Å²) in [5, 5.41) is 10.6. The summed E-state index contributed by atoms with van der Waals surface area (Å²) in [6, 6.07) is 0. The van der Waals surface area contributed by atoms with Crippen molar-refractivity contribution in [3.05, 3.63) is 158 Å². The number of allylic oxidation sites excluding steroid dienone is 25. The first-order valence-corrected chi connectivity index (χ1v) is 41.7. The Bertz CT molecular complexity index is 2550. The number of carbonyl (C=O) groups excluding carboxylic acids is 4. The second kappa shape index (κ2) is 74.0. The second-order valence-corrected chi connectivity index (χ2v) is 28.1. The summed E-state index contributed by atoms with van der Waals surface area (Å²) in [6.07, 6.45) is 85.5. The molecule has 0 heterocycles. The molecule has 0 aromatic carbocycles. The Morgan fingerprint density at radius 2 is 0.549 bits per heavy atom. The van der Waals surface area contributed by atoms with E-state index in [4.69, 9.17) is 37.0 Å². The monoisotopic (exact) mass is 1470 g/mol. The molecule has 5 unspecified atom stereocenters. The number of hydrogen-bond donors (Lipinski definition) is 3. The van der Waals surface area contributed by atoms with Gasteiger partial charge in [-0.15, -0.1) is 0 Å². The van der Waals surface area contributed by atoms with Gasteiger partial charge in [0, 0.05) is 19.3 Å². The van der Waals surface area contributed by atoms with Crippen molar-refractivity contribution in [2.45, 2.75) is 303 Å². The van der Waals surface area contributed by atoms with Gasteiger partial charge in [0.15, 0.2) is 12.2 Å². The zero-order valence-electron chi connectivity index (χ0n) is 63.2. The van der Waals surface area contributed by atoms with Crippen LogP contribution in [0.25, 0.3) is 0 Å². The molecule has 0 bridgehead atoms. The molecule has 0 saturated heterocycles. The van der Waals surface area contributed by atoms with Gasteiger partial charge >= 0.3 is 39.5 Å². The third-order valence-electron chi connectivity index (χ3n) is 15.5. The van der Waals surface area contributed by atoms with Crippen LogP contribution in [-0.4, -0.2) is 96.7 Å². The first-order valence-electron chi connectivity index (χ1n) is 38.7. The number of aliphatic hydroxyl groups excluding tert-OH is 1. The number of esters is 4. The average molecular weight is 1470 g/mol. The number of rotatable bonds is 71. The van der Waals surface area contributed by atoms with Gasteiger partial charge in [0.05, 0.1) is 32.8 Å². The third-order valence-corrected chi connectivity index (χ3v) is 17.4. The Hall–Kier alpha value is -5.32. The molecular formula is C83H136O17P2. The molecule has 17 nitrogen and oxygen atoms in total. The fourth-order valence-corrected chi connectivity index (χ4v) is 11.2. The van der Waals surface area contributed by atoms with Gasteiger partial charge < -0.3 is 33.8 Å². The number of phosphoric acid groups is 2. The van der Waals surface area contributed by atoms with Crippen LogP contribution in [0.2, 0.25) is 0 Å². The number of carbonyl (C=O) groups is 4. The number of unbranched alkanes of at least 4 members (excludes halogenated alkanes) is 20. The minimum absolute atomic E-state index is 0.0601. The topological polar surface area (TPSA) is 237 Å². The van der Waals surface area contributed by atoms with Crippen molar-refractivity contribution in [1.82, 2.24) is 0 Å². The normalized spacial score (nSPS) is 14.8. The fourth-order valence-electron chi connectivity index (χ4n) is 9.64. The SMILES string of the molecule is CC/C=C\C/C=C\C/C=C\C/C=C\C/C=C\CCCCCC(=O)OCC(COP(=O)(O)OCC(O)COP(=O)(O)OCC(COC(=O)C/C=C\C/C=C\C/C=C\C/C=C\C/C=C\CC)OC(=O)CCCCCCC/C=C\CCCCCC)OC(=O)CCCCCCC/C=C\C/C=C\CCCCC. The number of ether oxygens (including phenoxy) is 4. The predicted octanol–water partition coefficient (Wildman–Crippen LogP) is 22.4. The lowest BCUT2D eigenvalue weighted by molar-refractivity contribution is -0.161. The summed E-state index contributed by atoms with van der Waals surface area (Å²) in [5.74, 6) is -2.39. The summed E-state index contributed by atoms with van der Waals surface area (Å²) < 4.78 is 68.3. The molecule has 5 atom stereocenters. The van der Waals surface area contributed by atoms with E-state index in [1.807, 2.05) is 18.2 Å². The molecule has 0 saturated carbocycles. The van der Waals surface area contributed by atoms with E-state index in [1.54, 1.807) is 6.08 Å². The van der Waals surface area contributed by atoms with Crippen molar-refractivity contribution < 1.29 is 80.2 Å². The molecule has 0 aliphatic heterocycles. The van der Waals surface area contributed by atoms with Crippen LogP contribution in [0.1, 0.15) is 285 Å². The highest BCUT2D eigenvalue weighted by Crippen LogP contribution is 2.45. The van der Waals surface area contributed by atoms with E-state index in [0.717, 1.165) is 161 Å². The Balaban J connectivity index is 5.47. The van der Waals surface area contributed by atoms with Gasteiger partial charge in [-0.3, -0.25) is 37.3 Å². The molecule has 3 N–H and O–H groups in total. The molecular weight excluding hydrogens is 1330 g/mol. The lowest BCUT2D eigenvalue weighted by Crippen LogP contribution is -2.30. The molecule has 0 aromatic rings. The summed E-state index contributed by atoms with van der Waals surface area (Å²) in [7, 11) is -10.0. The minimum Gasteiger partial charge on any atom is -0.462 e. The van der Waals surface area contributed by atoms with E-state index in [2.05, 4.69) is 161 Å². The van der Waals surface area contributed by atoms with Gasteiger partial charge in [0.1, 0.15) is 19.3 Å². The number of phosphoric ester groups is 2. The van der Waals surface area contributed by atoms with E-state index in [1.165, 1.54) is 44.9 Å².